The van der Waals surface area contributed by atoms with Gasteiger partial charge in [0.05, 0.1) is 6.20 Å². The molecule has 0 spiro atoms. The lowest BCUT2D eigenvalue weighted by atomic mass is 10.5. The van der Waals surface area contributed by atoms with Crippen molar-refractivity contribution < 1.29 is 0 Å². The van der Waals surface area contributed by atoms with Crippen molar-refractivity contribution in [3.8, 4) is 0 Å². The van der Waals surface area contributed by atoms with Gasteiger partial charge in [-0.3, -0.25) is 4.98 Å². The van der Waals surface area contributed by atoms with E-state index in [-0.39, 0.29) is 0 Å². The molecule has 0 aromatic carbocycles. The molecule has 0 amide bonds. The SMILES string of the molecule is Brc1csc(CSc2cnccn2)c1. The van der Waals surface area contributed by atoms with Crippen LogP contribution in [0.1, 0.15) is 4.88 Å². The van der Waals surface area contributed by atoms with Crippen molar-refractivity contribution in [3.63, 3.8) is 0 Å². The number of aromatic nitrogens is 2. The standard InChI is InChI=1S/C9H7BrN2S2/c10-7-3-8(13-5-7)6-14-9-4-11-1-2-12-9/h1-5H,6H2. The fourth-order valence-electron chi connectivity index (χ4n) is 0.935. The first-order chi connectivity index (χ1) is 6.84. The quantitative estimate of drug-likeness (QED) is 0.807. The van der Waals surface area contributed by atoms with Gasteiger partial charge in [0.1, 0.15) is 5.03 Å². The average Bonchev–Trinajstić information content (AvgIpc) is 2.63. The summed E-state index contributed by atoms with van der Waals surface area (Å²) >= 11 is 6.89. The second-order valence-corrected chi connectivity index (χ2v) is 5.47. The normalized spacial score (nSPS) is 10.4. The Balaban J connectivity index is 1.95. The average molecular weight is 287 g/mol. The predicted molar refractivity (Wildman–Crippen MR) is 63.6 cm³/mol. The summed E-state index contributed by atoms with van der Waals surface area (Å²) in [6.45, 7) is 0. The molecule has 0 aliphatic heterocycles. The monoisotopic (exact) mass is 286 g/mol. The molecule has 0 saturated heterocycles. The topological polar surface area (TPSA) is 25.8 Å². The highest BCUT2D eigenvalue weighted by Gasteiger charge is 1.99. The summed E-state index contributed by atoms with van der Waals surface area (Å²) in [5.74, 6) is 0.953. The molecule has 2 aromatic rings. The number of rotatable bonds is 3. The lowest BCUT2D eigenvalue weighted by Gasteiger charge is -1.96. The maximum absolute atomic E-state index is 4.19. The van der Waals surface area contributed by atoms with Gasteiger partial charge in [-0.1, -0.05) is 11.8 Å². The van der Waals surface area contributed by atoms with E-state index in [9.17, 15) is 0 Å². The van der Waals surface area contributed by atoms with Crippen LogP contribution in [0.3, 0.4) is 0 Å². The van der Waals surface area contributed by atoms with E-state index in [0.29, 0.717) is 0 Å². The summed E-state index contributed by atoms with van der Waals surface area (Å²) in [4.78, 5) is 9.55. The molecular weight excluding hydrogens is 280 g/mol. The lowest BCUT2D eigenvalue weighted by Crippen LogP contribution is -1.80. The van der Waals surface area contributed by atoms with Crippen molar-refractivity contribution in [2.75, 3.05) is 0 Å². The van der Waals surface area contributed by atoms with Crippen LogP contribution in [0.15, 0.2) is 39.5 Å². The molecule has 0 N–H and O–H groups in total. The summed E-state index contributed by atoms with van der Waals surface area (Å²) in [5, 5.41) is 3.06. The van der Waals surface area contributed by atoms with Gasteiger partial charge in [0.15, 0.2) is 0 Å². The third-order valence-electron chi connectivity index (χ3n) is 1.52. The van der Waals surface area contributed by atoms with Gasteiger partial charge in [0.2, 0.25) is 0 Å². The molecule has 0 saturated carbocycles. The van der Waals surface area contributed by atoms with Crippen LogP contribution in [0.4, 0.5) is 0 Å². The summed E-state index contributed by atoms with van der Waals surface area (Å²) < 4.78 is 1.15. The van der Waals surface area contributed by atoms with Gasteiger partial charge in [0.25, 0.3) is 0 Å². The molecule has 0 fully saturated rings. The molecule has 2 nitrogen and oxygen atoms in total. The van der Waals surface area contributed by atoms with E-state index in [1.807, 2.05) is 0 Å². The molecule has 0 atom stereocenters. The molecule has 0 aliphatic carbocycles. The van der Waals surface area contributed by atoms with E-state index in [2.05, 4.69) is 37.3 Å². The van der Waals surface area contributed by atoms with E-state index in [1.165, 1.54) is 4.88 Å². The van der Waals surface area contributed by atoms with Gasteiger partial charge in [-0.2, -0.15) is 0 Å². The second-order valence-electron chi connectivity index (χ2n) is 2.56. The fourth-order valence-corrected chi connectivity index (χ4v) is 3.26. The largest absolute Gasteiger partial charge is 0.260 e. The zero-order valence-corrected chi connectivity index (χ0v) is 10.4. The summed E-state index contributed by atoms with van der Waals surface area (Å²) in [6.07, 6.45) is 5.19. The molecule has 2 aromatic heterocycles. The first-order valence-corrected chi connectivity index (χ1v) is 6.62. The number of nitrogens with zero attached hydrogens (tertiary/aromatic N) is 2. The van der Waals surface area contributed by atoms with E-state index in [4.69, 9.17) is 0 Å². The molecule has 2 rings (SSSR count). The summed E-state index contributed by atoms with van der Waals surface area (Å²) in [7, 11) is 0. The predicted octanol–water partition coefficient (Wildman–Crippen LogP) is 3.59. The Hall–Kier alpha value is -0.390. The highest BCUT2D eigenvalue weighted by molar-refractivity contribution is 9.10. The van der Waals surface area contributed by atoms with Crippen LogP contribution in [0.2, 0.25) is 0 Å². The number of hydrogen-bond donors (Lipinski definition) is 0. The highest BCUT2D eigenvalue weighted by Crippen LogP contribution is 2.26. The fraction of sp³-hybridized carbons (Fsp3) is 0.111. The first kappa shape index (κ1) is 10.1. The van der Waals surface area contributed by atoms with Gasteiger partial charge in [-0.15, -0.1) is 11.3 Å². The van der Waals surface area contributed by atoms with Crippen molar-refractivity contribution in [3.05, 3.63) is 39.4 Å². The van der Waals surface area contributed by atoms with Gasteiger partial charge >= 0.3 is 0 Å². The number of halogens is 1. The van der Waals surface area contributed by atoms with Crippen molar-refractivity contribution in [1.82, 2.24) is 9.97 Å². The molecule has 0 aliphatic rings. The van der Waals surface area contributed by atoms with E-state index < -0.39 is 0 Å². The number of thiophene rings is 1. The molecule has 0 bridgehead atoms. The van der Waals surface area contributed by atoms with Crippen LogP contribution >= 0.6 is 39.0 Å². The molecule has 5 heteroatoms. The van der Waals surface area contributed by atoms with Crippen LogP contribution in [-0.2, 0) is 5.75 Å². The smallest absolute Gasteiger partial charge is 0.115 e. The zero-order chi connectivity index (χ0) is 9.80. The van der Waals surface area contributed by atoms with Crippen LogP contribution < -0.4 is 0 Å². The molecule has 72 valence electrons. The van der Waals surface area contributed by atoms with E-state index >= 15 is 0 Å². The van der Waals surface area contributed by atoms with Gasteiger partial charge in [0, 0.05) is 32.9 Å². The summed E-state index contributed by atoms with van der Waals surface area (Å²) in [6, 6.07) is 2.13. The third-order valence-corrected chi connectivity index (χ3v) is 4.37. The highest BCUT2D eigenvalue weighted by atomic mass is 79.9. The Labute approximate surface area is 98.9 Å². The van der Waals surface area contributed by atoms with Crippen LogP contribution in [-0.4, -0.2) is 9.97 Å². The molecule has 0 radical (unpaired) electrons. The Morgan fingerprint density at radius 3 is 3.00 bits per heavy atom. The number of thioether (sulfide) groups is 1. The Morgan fingerprint density at radius 1 is 1.43 bits per heavy atom. The van der Waals surface area contributed by atoms with Gasteiger partial charge in [-0.25, -0.2) is 4.98 Å². The van der Waals surface area contributed by atoms with E-state index in [0.717, 1.165) is 15.3 Å². The van der Waals surface area contributed by atoms with Crippen molar-refractivity contribution in [1.29, 1.82) is 0 Å². The maximum atomic E-state index is 4.19. The molecular formula is C9H7BrN2S2. The molecule has 0 unspecified atom stereocenters. The van der Waals surface area contributed by atoms with Crippen LogP contribution in [0.25, 0.3) is 0 Å². The molecule has 14 heavy (non-hydrogen) atoms. The van der Waals surface area contributed by atoms with Gasteiger partial charge < -0.3 is 0 Å². The lowest BCUT2D eigenvalue weighted by molar-refractivity contribution is 1.05. The van der Waals surface area contributed by atoms with Crippen LogP contribution in [0, 0.1) is 0 Å². The minimum absolute atomic E-state index is 0.953. The zero-order valence-electron chi connectivity index (χ0n) is 7.18. The Bertz CT molecular complexity index is 402. The molecule has 2 heterocycles. The van der Waals surface area contributed by atoms with E-state index in [1.54, 1.807) is 41.7 Å². The van der Waals surface area contributed by atoms with Crippen molar-refractivity contribution in [2.45, 2.75) is 10.8 Å². The second kappa shape index (κ2) is 4.91. The third kappa shape index (κ3) is 2.80. The number of hydrogen-bond acceptors (Lipinski definition) is 4. The maximum Gasteiger partial charge on any atom is 0.115 e. The minimum atomic E-state index is 0.953. The Kier molecular flexibility index (Phi) is 3.55. The van der Waals surface area contributed by atoms with Crippen molar-refractivity contribution >= 4 is 39.0 Å². The van der Waals surface area contributed by atoms with Crippen LogP contribution in [0.5, 0.6) is 0 Å². The Morgan fingerprint density at radius 2 is 2.36 bits per heavy atom. The first-order valence-electron chi connectivity index (χ1n) is 3.96. The summed E-state index contributed by atoms with van der Waals surface area (Å²) in [5.41, 5.74) is 0. The van der Waals surface area contributed by atoms with Gasteiger partial charge in [-0.05, 0) is 22.0 Å². The van der Waals surface area contributed by atoms with Crippen molar-refractivity contribution in [2.24, 2.45) is 0 Å². The minimum Gasteiger partial charge on any atom is -0.260 e.